The average molecular weight is 376 g/mol. The van der Waals surface area contributed by atoms with E-state index in [0.717, 1.165) is 5.56 Å². The number of nitrogens with one attached hydrogen (secondary N) is 2. The topological polar surface area (TPSA) is 92.7 Å². The maximum Gasteiger partial charge on any atom is 0.265 e. The van der Waals surface area contributed by atoms with Gasteiger partial charge in [-0.2, -0.15) is 5.10 Å². The molecule has 1 amide bonds. The highest BCUT2D eigenvalue weighted by atomic mass is 35.5. The van der Waals surface area contributed by atoms with Gasteiger partial charge in [0.15, 0.2) is 10.8 Å². The van der Waals surface area contributed by atoms with Crippen LogP contribution in [0.25, 0.3) is 11.0 Å². The molecule has 1 aliphatic heterocycles. The molecule has 2 N–H and O–H groups in total. The zero-order valence-corrected chi connectivity index (χ0v) is 14.8. The number of carbonyl (C=O) groups excluding carboxylic acids is 1. The Bertz CT molecular complexity index is 1040. The molecule has 7 nitrogen and oxygen atoms in total. The molecule has 2 aromatic heterocycles. The van der Waals surface area contributed by atoms with Crippen LogP contribution in [0.15, 0.2) is 34.3 Å². The van der Waals surface area contributed by atoms with E-state index in [2.05, 4.69) is 20.5 Å². The van der Waals surface area contributed by atoms with Gasteiger partial charge in [0.1, 0.15) is 5.39 Å². The molecule has 1 aromatic carbocycles. The van der Waals surface area contributed by atoms with E-state index in [4.69, 9.17) is 11.6 Å². The fraction of sp³-hybridized carbons (Fsp3) is 0.250. The smallest absolute Gasteiger partial charge is 0.265 e. The van der Waals surface area contributed by atoms with Crippen molar-refractivity contribution in [3.63, 3.8) is 0 Å². The first-order chi connectivity index (χ1) is 12.0. The Labute approximate surface area is 151 Å². The summed E-state index contributed by atoms with van der Waals surface area (Å²) in [6.07, 6.45) is 1.66. The van der Waals surface area contributed by atoms with E-state index < -0.39 is 0 Å². The number of carbonyl (C=O) groups is 1. The number of thioether (sulfide) groups is 1. The van der Waals surface area contributed by atoms with E-state index in [9.17, 15) is 9.59 Å². The third-order valence-corrected chi connectivity index (χ3v) is 5.48. The number of halogens is 1. The van der Waals surface area contributed by atoms with E-state index >= 15 is 0 Å². The molecule has 0 spiro atoms. The lowest BCUT2D eigenvalue weighted by Crippen LogP contribution is -2.27. The zero-order valence-electron chi connectivity index (χ0n) is 13.2. The second-order valence-electron chi connectivity index (χ2n) is 5.88. The number of aromatic nitrogens is 4. The molecule has 0 fully saturated rings. The van der Waals surface area contributed by atoms with Crippen LogP contribution in [0.2, 0.25) is 5.02 Å². The monoisotopic (exact) mass is 375 g/mol. The lowest BCUT2D eigenvalue weighted by atomic mass is 10.1. The Morgan fingerprint density at radius 1 is 1.52 bits per heavy atom. The highest BCUT2D eigenvalue weighted by molar-refractivity contribution is 7.99. The van der Waals surface area contributed by atoms with Crippen LogP contribution in [-0.4, -0.2) is 31.4 Å². The van der Waals surface area contributed by atoms with Crippen LogP contribution in [0.3, 0.4) is 0 Å². The molecule has 0 saturated carbocycles. The molecule has 128 valence electrons. The number of amides is 1. The van der Waals surface area contributed by atoms with Crippen molar-refractivity contribution in [3.8, 4) is 0 Å². The minimum absolute atomic E-state index is 0.164. The van der Waals surface area contributed by atoms with Gasteiger partial charge >= 0.3 is 0 Å². The van der Waals surface area contributed by atoms with Gasteiger partial charge in [-0.3, -0.25) is 19.3 Å². The summed E-state index contributed by atoms with van der Waals surface area (Å²) in [7, 11) is 0. The Morgan fingerprint density at radius 3 is 3.20 bits per heavy atom. The molecule has 1 aliphatic rings. The molecule has 1 unspecified atom stereocenters. The van der Waals surface area contributed by atoms with Crippen molar-refractivity contribution >= 4 is 46.0 Å². The maximum atomic E-state index is 12.6. The fourth-order valence-corrected chi connectivity index (χ4v) is 4.16. The van der Waals surface area contributed by atoms with Gasteiger partial charge in [0, 0.05) is 22.9 Å². The number of aryl methyl sites for hydroxylation is 1. The first-order valence-electron chi connectivity index (χ1n) is 7.67. The molecular weight excluding hydrogens is 362 g/mol. The summed E-state index contributed by atoms with van der Waals surface area (Å²) < 4.78 is 1.59. The van der Waals surface area contributed by atoms with Crippen molar-refractivity contribution in [3.05, 3.63) is 45.3 Å². The van der Waals surface area contributed by atoms with E-state index in [1.54, 1.807) is 16.7 Å². The molecule has 0 saturated heterocycles. The van der Waals surface area contributed by atoms with Crippen molar-refractivity contribution < 1.29 is 4.79 Å². The van der Waals surface area contributed by atoms with Crippen LogP contribution >= 0.6 is 23.4 Å². The minimum atomic E-state index is -0.237. The molecule has 0 aliphatic carbocycles. The number of hydrogen-bond donors (Lipinski definition) is 2. The summed E-state index contributed by atoms with van der Waals surface area (Å²) in [5, 5.41) is 11.0. The third kappa shape index (κ3) is 2.91. The zero-order chi connectivity index (χ0) is 17.6. The summed E-state index contributed by atoms with van der Waals surface area (Å²) in [6.45, 7) is 1.90. The predicted molar refractivity (Wildman–Crippen MR) is 97.3 cm³/mol. The van der Waals surface area contributed by atoms with Gasteiger partial charge in [-0.25, -0.2) is 4.98 Å². The van der Waals surface area contributed by atoms with Gasteiger partial charge in [-0.15, -0.1) is 0 Å². The number of aromatic amines is 1. The van der Waals surface area contributed by atoms with Crippen molar-refractivity contribution in [2.75, 3.05) is 11.1 Å². The molecule has 3 heterocycles. The number of hydrogen-bond acceptors (Lipinski definition) is 5. The van der Waals surface area contributed by atoms with Gasteiger partial charge in [-0.05, 0) is 24.6 Å². The van der Waals surface area contributed by atoms with Gasteiger partial charge in [0.25, 0.3) is 5.56 Å². The fourth-order valence-electron chi connectivity index (χ4n) is 2.85. The van der Waals surface area contributed by atoms with E-state index in [1.807, 2.05) is 13.0 Å². The quantitative estimate of drug-likeness (QED) is 0.686. The maximum absolute atomic E-state index is 12.6. The second-order valence-corrected chi connectivity index (χ2v) is 7.30. The van der Waals surface area contributed by atoms with Gasteiger partial charge in [0.05, 0.1) is 12.2 Å². The number of fused-ring (bicyclic) bond motifs is 2. The van der Waals surface area contributed by atoms with E-state index in [0.29, 0.717) is 32.7 Å². The highest BCUT2D eigenvalue weighted by Gasteiger charge is 2.29. The number of nitrogens with zero attached hydrogens (tertiary/aromatic N) is 3. The summed E-state index contributed by atoms with van der Waals surface area (Å²) >= 11 is 7.45. The Balaban J connectivity index is 1.58. The van der Waals surface area contributed by atoms with Crippen LogP contribution < -0.4 is 10.9 Å². The first-order valence-corrected chi connectivity index (χ1v) is 9.03. The standard InChI is InChI=1S/C16H14ClN5O2S/c1-8-2-3-9(17)4-12(8)19-13(23)5-10-7-25-16-20-14-11(6-18-21-14)15(24)22(10)16/h2-4,6,10H,5,7H2,1H3,(H,18,21)(H,19,23). The average Bonchev–Trinajstić information content (AvgIpc) is 3.19. The van der Waals surface area contributed by atoms with Gasteiger partial charge in [0.2, 0.25) is 5.91 Å². The number of anilines is 1. The van der Waals surface area contributed by atoms with Crippen molar-refractivity contribution in [2.45, 2.75) is 24.5 Å². The second kappa shape index (κ2) is 6.20. The molecule has 0 radical (unpaired) electrons. The van der Waals surface area contributed by atoms with E-state index in [-0.39, 0.29) is 23.9 Å². The Kier molecular flexibility index (Phi) is 4.01. The first kappa shape index (κ1) is 16.2. The molecule has 0 bridgehead atoms. The minimum Gasteiger partial charge on any atom is -0.326 e. The van der Waals surface area contributed by atoms with Crippen molar-refractivity contribution in [2.24, 2.45) is 0 Å². The molecule has 1 atom stereocenters. The van der Waals surface area contributed by atoms with Crippen LogP contribution in [0.5, 0.6) is 0 Å². The molecule has 9 heteroatoms. The van der Waals surface area contributed by atoms with Crippen LogP contribution in [0.1, 0.15) is 18.0 Å². The summed E-state index contributed by atoms with van der Waals surface area (Å²) in [5.41, 5.74) is 1.91. The Morgan fingerprint density at radius 2 is 2.36 bits per heavy atom. The largest absolute Gasteiger partial charge is 0.326 e. The molecule has 3 aromatic rings. The lowest BCUT2D eigenvalue weighted by molar-refractivity contribution is -0.116. The van der Waals surface area contributed by atoms with Crippen molar-refractivity contribution in [1.29, 1.82) is 0 Å². The number of benzene rings is 1. The predicted octanol–water partition coefficient (Wildman–Crippen LogP) is 2.76. The van der Waals surface area contributed by atoms with Gasteiger partial charge in [-0.1, -0.05) is 29.4 Å². The SMILES string of the molecule is Cc1ccc(Cl)cc1NC(=O)CC1CSc2nc3[nH]ncc3c(=O)n21. The summed E-state index contributed by atoms with van der Waals surface area (Å²) in [6, 6.07) is 5.11. The van der Waals surface area contributed by atoms with Crippen molar-refractivity contribution in [1.82, 2.24) is 19.7 Å². The molecule has 4 rings (SSSR count). The molecular formula is C16H14ClN5O2S. The number of rotatable bonds is 3. The third-order valence-electron chi connectivity index (χ3n) is 4.15. The Hall–Kier alpha value is -2.32. The van der Waals surface area contributed by atoms with Crippen LogP contribution in [-0.2, 0) is 4.79 Å². The number of H-pyrrole nitrogens is 1. The normalized spacial score (nSPS) is 16.2. The van der Waals surface area contributed by atoms with Gasteiger partial charge < -0.3 is 5.32 Å². The van der Waals surface area contributed by atoms with E-state index in [1.165, 1.54) is 18.0 Å². The summed E-state index contributed by atoms with van der Waals surface area (Å²) in [4.78, 5) is 29.5. The van der Waals surface area contributed by atoms with Crippen LogP contribution in [0.4, 0.5) is 5.69 Å². The highest BCUT2D eigenvalue weighted by Crippen LogP contribution is 2.33. The van der Waals surface area contributed by atoms with Crippen LogP contribution in [0, 0.1) is 6.92 Å². The molecule has 25 heavy (non-hydrogen) atoms. The summed E-state index contributed by atoms with van der Waals surface area (Å²) in [5.74, 6) is 0.465. The lowest BCUT2D eigenvalue weighted by Gasteiger charge is -2.14.